The molecule has 0 spiro atoms. The Morgan fingerprint density at radius 2 is 2.15 bits per heavy atom. The third-order valence-corrected chi connectivity index (χ3v) is 2.49. The van der Waals surface area contributed by atoms with E-state index in [1.54, 1.807) is 6.92 Å². The summed E-state index contributed by atoms with van der Waals surface area (Å²) in [7, 11) is 0. The Labute approximate surface area is 79.4 Å². The smallest absolute Gasteiger partial charge is 0.163 e. The molecule has 0 aromatic rings. The molecule has 0 bridgehead atoms. The standard InChI is InChI=1S/C10H18O3/c1-7(8(2)11)9-5-6-12-10(3,4)13-9/h7,9H,5-6H2,1-4H3/t7?,9-/m0/s1. The second-order valence-corrected chi connectivity index (χ2v) is 4.09. The van der Waals surface area contributed by atoms with Gasteiger partial charge in [0, 0.05) is 5.92 Å². The summed E-state index contributed by atoms with van der Waals surface area (Å²) in [5, 5.41) is 0. The fourth-order valence-electron chi connectivity index (χ4n) is 1.49. The van der Waals surface area contributed by atoms with Crippen molar-refractivity contribution in [2.45, 2.75) is 46.0 Å². The first-order valence-corrected chi connectivity index (χ1v) is 4.74. The van der Waals surface area contributed by atoms with Gasteiger partial charge in [-0.05, 0) is 27.2 Å². The Bertz CT molecular complexity index is 198. The monoisotopic (exact) mass is 186 g/mol. The van der Waals surface area contributed by atoms with Crippen LogP contribution in [0, 0.1) is 5.92 Å². The van der Waals surface area contributed by atoms with E-state index < -0.39 is 5.79 Å². The van der Waals surface area contributed by atoms with Gasteiger partial charge in [0.15, 0.2) is 5.79 Å². The molecule has 0 radical (unpaired) electrons. The Hall–Kier alpha value is -0.410. The molecule has 2 atom stereocenters. The van der Waals surface area contributed by atoms with Gasteiger partial charge in [-0.15, -0.1) is 0 Å². The van der Waals surface area contributed by atoms with Crippen molar-refractivity contribution >= 4 is 5.78 Å². The maximum atomic E-state index is 11.1. The van der Waals surface area contributed by atoms with E-state index in [4.69, 9.17) is 9.47 Å². The van der Waals surface area contributed by atoms with Crippen LogP contribution in [0.4, 0.5) is 0 Å². The number of carbonyl (C=O) groups excluding carboxylic acids is 1. The highest BCUT2D eigenvalue weighted by Crippen LogP contribution is 2.26. The predicted octanol–water partition coefficient (Wildman–Crippen LogP) is 1.75. The van der Waals surface area contributed by atoms with Crippen molar-refractivity contribution in [3.05, 3.63) is 0 Å². The van der Waals surface area contributed by atoms with Crippen LogP contribution in [0.2, 0.25) is 0 Å². The van der Waals surface area contributed by atoms with Crippen LogP contribution in [0.25, 0.3) is 0 Å². The summed E-state index contributed by atoms with van der Waals surface area (Å²) in [6.07, 6.45) is 0.825. The number of carbonyl (C=O) groups is 1. The van der Waals surface area contributed by atoms with Gasteiger partial charge in [-0.25, -0.2) is 0 Å². The van der Waals surface area contributed by atoms with Crippen molar-refractivity contribution < 1.29 is 14.3 Å². The van der Waals surface area contributed by atoms with Gasteiger partial charge >= 0.3 is 0 Å². The van der Waals surface area contributed by atoms with Crippen LogP contribution < -0.4 is 0 Å². The van der Waals surface area contributed by atoms with E-state index in [1.807, 2.05) is 20.8 Å². The molecule has 0 aromatic heterocycles. The van der Waals surface area contributed by atoms with E-state index in [2.05, 4.69) is 0 Å². The van der Waals surface area contributed by atoms with Gasteiger partial charge in [-0.2, -0.15) is 0 Å². The first kappa shape index (κ1) is 10.7. The van der Waals surface area contributed by atoms with Crippen molar-refractivity contribution in [3.63, 3.8) is 0 Å². The molecule has 1 aliphatic rings. The van der Waals surface area contributed by atoms with Crippen molar-refractivity contribution in [2.24, 2.45) is 5.92 Å². The van der Waals surface area contributed by atoms with Gasteiger partial charge in [0.05, 0.1) is 12.7 Å². The Balaban J connectivity index is 2.56. The van der Waals surface area contributed by atoms with Crippen LogP contribution in [-0.4, -0.2) is 24.3 Å². The molecule has 1 aliphatic heterocycles. The van der Waals surface area contributed by atoms with Crippen LogP contribution >= 0.6 is 0 Å². The van der Waals surface area contributed by atoms with Gasteiger partial charge in [-0.3, -0.25) is 4.79 Å². The molecule has 0 aromatic carbocycles. The second-order valence-electron chi connectivity index (χ2n) is 4.09. The number of ketones is 1. The molecule has 1 saturated heterocycles. The molecule has 1 unspecified atom stereocenters. The summed E-state index contributed by atoms with van der Waals surface area (Å²) in [6.45, 7) is 7.96. The zero-order chi connectivity index (χ0) is 10.1. The highest BCUT2D eigenvalue weighted by Gasteiger charge is 2.33. The van der Waals surface area contributed by atoms with Crippen LogP contribution in [0.5, 0.6) is 0 Å². The lowest BCUT2D eigenvalue weighted by Crippen LogP contribution is -2.43. The summed E-state index contributed by atoms with van der Waals surface area (Å²) in [5.74, 6) is -0.377. The van der Waals surface area contributed by atoms with Gasteiger partial charge in [0.25, 0.3) is 0 Å². The van der Waals surface area contributed by atoms with Crippen molar-refractivity contribution in [2.75, 3.05) is 6.61 Å². The molecule has 0 aliphatic carbocycles. The van der Waals surface area contributed by atoms with Crippen molar-refractivity contribution in [1.82, 2.24) is 0 Å². The van der Waals surface area contributed by atoms with Gasteiger partial charge in [0.1, 0.15) is 5.78 Å². The van der Waals surface area contributed by atoms with Crippen LogP contribution in [0.3, 0.4) is 0 Å². The minimum atomic E-state index is -0.535. The molecular formula is C10H18O3. The molecule has 1 fully saturated rings. The Morgan fingerprint density at radius 3 is 2.62 bits per heavy atom. The third-order valence-electron chi connectivity index (χ3n) is 2.49. The number of hydrogen-bond acceptors (Lipinski definition) is 3. The molecule has 0 saturated carbocycles. The summed E-state index contributed by atoms with van der Waals surface area (Å²) in [4.78, 5) is 11.1. The minimum Gasteiger partial charge on any atom is -0.350 e. The van der Waals surface area contributed by atoms with E-state index in [0.717, 1.165) is 6.42 Å². The maximum Gasteiger partial charge on any atom is 0.163 e. The molecular weight excluding hydrogens is 168 g/mol. The zero-order valence-corrected chi connectivity index (χ0v) is 8.79. The largest absolute Gasteiger partial charge is 0.350 e. The van der Waals surface area contributed by atoms with E-state index >= 15 is 0 Å². The maximum absolute atomic E-state index is 11.1. The summed E-state index contributed by atoms with van der Waals surface area (Å²) in [5.41, 5.74) is 0. The Kier molecular flexibility index (Phi) is 3.09. The lowest BCUT2D eigenvalue weighted by Gasteiger charge is -2.37. The normalized spacial score (nSPS) is 29.7. The van der Waals surface area contributed by atoms with Crippen molar-refractivity contribution in [1.29, 1.82) is 0 Å². The molecule has 0 amide bonds. The first-order chi connectivity index (χ1) is 5.92. The van der Waals surface area contributed by atoms with Crippen LogP contribution in [-0.2, 0) is 14.3 Å². The fraction of sp³-hybridized carbons (Fsp3) is 0.900. The Morgan fingerprint density at radius 1 is 1.54 bits per heavy atom. The lowest BCUT2D eigenvalue weighted by atomic mass is 9.97. The molecule has 0 N–H and O–H groups in total. The second kappa shape index (κ2) is 3.76. The number of ether oxygens (including phenoxy) is 2. The molecule has 1 rings (SSSR count). The van der Waals surface area contributed by atoms with Crippen LogP contribution in [0.15, 0.2) is 0 Å². The predicted molar refractivity (Wildman–Crippen MR) is 49.4 cm³/mol. The van der Waals surface area contributed by atoms with E-state index in [9.17, 15) is 4.79 Å². The molecule has 3 heteroatoms. The fourth-order valence-corrected chi connectivity index (χ4v) is 1.49. The van der Waals surface area contributed by atoms with Crippen molar-refractivity contribution in [3.8, 4) is 0 Å². The summed E-state index contributed by atoms with van der Waals surface area (Å²) < 4.78 is 11.0. The minimum absolute atomic E-state index is 0.0150. The molecule has 76 valence electrons. The summed E-state index contributed by atoms with van der Waals surface area (Å²) >= 11 is 0. The van der Waals surface area contributed by atoms with Gasteiger partial charge in [-0.1, -0.05) is 6.92 Å². The SMILES string of the molecule is CC(=O)C(C)[C@@H]1CCOC(C)(C)O1. The highest BCUT2D eigenvalue weighted by atomic mass is 16.7. The quantitative estimate of drug-likeness (QED) is 0.659. The number of hydrogen-bond donors (Lipinski definition) is 0. The molecule has 13 heavy (non-hydrogen) atoms. The third kappa shape index (κ3) is 2.78. The van der Waals surface area contributed by atoms with Gasteiger partial charge < -0.3 is 9.47 Å². The van der Waals surface area contributed by atoms with E-state index in [1.165, 1.54) is 0 Å². The van der Waals surface area contributed by atoms with Gasteiger partial charge in [0.2, 0.25) is 0 Å². The van der Waals surface area contributed by atoms with Crippen LogP contribution in [0.1, 0.15) is 34.1 Å². The summed E-state index contributed by atoms with van der Waals surface area (Å²) in [6, 6.07) is 0. The molecule has 3 nitrogen and oxygen atoms in total. The topological polar surface area (TPSA) is 35.5 Å². The van der Waals surface area contributed by atoms with E-state index in [-0.39, 0.29) is 17.8 Å². The highest BCUT2D eigenvalue weighted by molar-refractivity contribution is 5.78. The first-order valence-electron chi connectivity index (χ1n) is 4.74. The average molecular weight is 186 g/mol. The number of rotatable bonds is 2. The number of Topliss-reactive ketones (excluding diaryl/α,β-unsaturated/α-hetero) is 1. The zero-order valence-electron chi connectivity index (χ0n) is 8.79. The molecule has 1 heterocycles. The van der Waals surface area contributed by atoms with E-state index in [0.29, 0.717) is 6.61 Å². The lowest BCUT2D eigenvalue weighted by molar-refractivity contribution is -0.279. The average Bonchev–Trinajstić information content (AvgIpc) is 2.01.